The largest absolute Gasteiger partial charge is 0.316 e. The van der Waals surface area contributed by atoms with E-state index in [2.05, 4.69) is 10.2 Å². The van der Waals surface area contributed by atoms with Crippen LogP contribution in [0.4, 0.5) is 0 Å². The number of azo groups is 1. The SMILES string of the molecule is ClCC1N=NC(c2ccccc2)(c2ccccc2)O1. The molecule has 0 aromatic heterocycles. The zero-order valence-electron chi connectivity index (χ0n) is 10.2. The van der Waals surface area contributed by atoms with Crippen molar-refractivity contribution in [1.82, 2.24) is 0 Å². The van der Waals surface area contributed by atoms with Gasteiger partial charge < -0.3 is 4.74 Å². The number of hydrogen-bond acceptors (Lipinski definition) is 3. The van der Waals surface area contributed by atoms with Crippen LogP contribution in [-0.4, -0.2) is 12.1 Å². The molecule has 2 aromatic rings. The molecule has 1 heterocycles. The van der Waals surface area contributed by atoms with E-state index >= 15 is 0 Å². The van der Waals surface area contributed by atoms with Gasteiger partial charge in [0, 0.05) is 11.1 Å². The van der Waals surface area contributed by atoms with Crippen molar-refractivity contribution >= 4 is 11.6 Å². The third-order valence-corrected chi connectivity index (χ3v) is 3.36. The maximum absolute atomic E-state index is 6.01. The van der Waals surface area contributed by atoms with Crippen molar-refractivity contribution in [2.75, 3.05) is 5.88 Å². The topological polar surface area (TPSA) is 34.0 Å². The molecule has 1 aliphatic heterocycles. The molecule has 1 unspecified atom stereocenters. The van der Waals surface area contributed by atoms with Gasteiger partial charge in [-0.15, -0.1) is 16.7 Å². The highest BCUT2D eigenvalue weighted by Crippen LogP contribution is 2.40. The molecule has 2 aromatic carbocycles. The fourth-order valence-electron chi connectivity index (χ4n) is 2.20. The Labute approximate surface area is 116 Å². The molecule has 19 heavy (non-hydrogen) atoms. The standard InChI is InChI=1S/C15H13ClN2O/c16-11-14-17-18-15(19-14,12-7-3-1-4-8-12)13-9-5-2-6-10-13/h1-10,14H,11H2. The Morgan fingerprint density at radius 1 is 0.947 bits per heavy atom. The van der Waals surface area contributed by atoms with E-state index in [4.69, 9.17) is 16.3 Å². The summed E-state index contributed by atoms with van der Waals surface area (Å²) < 4.78 is 6.01. The second kappa shape index (κ2) is 5.11. The quantitative estimate of drug-likeness (QED) is 0.780. The van der Waals surface area contributed by atoms with Crippen LogP contribution in [0.15, 0.2) is 70.9 Å². The van der Waals surface area contributed by atoms with Crippen molar-refractivity contribution in [2.45, 2.75) is 12.0 Å². The lowest BCUT2D eigenvalue weighted by atomic mass is 9.95. The summed E-state index contributed by atoms with van der Waals surface area (Å²) in [6, 6.07) is 19.7. The number of benzene rings is 2. The van der Waals surface area contributed by atoms with E-state index in [1.807, 2.05) is 60.7 Å². The summed E-state index contributed by atoms with van der Waals surface area (Å²) in [7, 11) is 0. The highest BCUT2D eigenvalue weighted by molar-refractivity contribution is 6.18. The monoisotopic (exact) mass is 272 g/mol. The van der Waals surface area contributed by atoms with Crippen molar-refractivity contribution in [3.63, 3.8) is 0 Å². The normalized spacial score (nSPS) is 20.6. The fourth-order valence-corrected chi connectivity index (χ4v) is 2.32. The molecule has 0 fully saturated rings. The number of hydrogen-bond donors (Lipinski definition) is 0. The molecule has 0 N–H and O–H groups in total. The third-order valence-electron chi connectivity index (χ3n) is 3.10. The molecule has 0 spiro atoms. The lowest BCUT2D eigenvalue weighted by Crippen LogP contribution is -2.28. The van der Waals surface area contributed by atoms with Gasteiger partial charge in [-0.3, -0.25) is 0 Å². The molecule has 96 valence electrons. The second-order valence-electron chi connectivity index (χ2n) is 4.32. The van der Waals surface area contributed by atoms with Crippen LogP contribution in [0.5, 0.6) is 0 Å². The van der Waals surface area contributed by atoms with Crippen molar-refractivity contribution in [1.29, 1.82) is 0 Å². The van der Waals surface area contributed by atoms with Gasteiger partial charge in [0.05, 0.1) is 5.88 Å². The van der Waals surface area contributed by atoms with Crippen LogP contribution >= 0.6 is 11.6 Å². The van der Waals surface area contributed by atoms with Gasteiger partial charge in [-0.05, 0) is 0 Å². The first-order valence-electron chi connectivity index (χ1n) is 6.12. The van der Waals surface area contributed by atoms with Gasteiger partial charge in [0.2, 0.25) is 5.72 Å². The maximum Gasteiger partial charge on any atom is 0.232 e. The number of rotatable bonds is 3. The lowest BCUT2D eigenvalue weighted by Gasteiger charge is -2.26. The first-order valence-corrected chi connectivity index (χ1v) is 6.65. The molecule has 0 aliphatic carbocycles. The zero-order valence-corrected chi connectivity index (χ0v) is 11.0. The van der Waals surface area contributed by atoms with E-state index in [9.17, 15) is 0 Å². The van der Waals surface area contributed by atoms with Crippen molar-refractivity contribution < 1.29 is 4.74 Å². The Hall–Kier alpha value is -1.71. The molecule has 1 aliphatic rings. The molecule has 0 saturated carbocycles. The van der Waals surface area contributed by atoms with E-state index < -0.39 is 12.0 Å². The summed E-state index contributed by atoms with van der Waals surface area (Å²) in [6.07, 6.45) is -0.401. The Bertz CT molecular complexity index is 532. The van der Waals surface area contributed by atoms with Crippen molar-refractivity contribution in [3.8, 4) is 0 Å². The van der Waals surface area contributed by atoms with Gasteiger partial charge in [-0.1, -0.05) is 60.7 Å². The predicted octanol–water partition coefficient (Wildman–Crippen LogP) is 3.94. The minimum Gasteiger partial charge on any atom is -0.316 e. The molecule has 3 nitrogen and oxygen atoms in total. The summed E-state index contributed by atoms with van der Waals surface area (Å²) in [5.41, 5.74) is 1.04. The van der Waals surface area contributed by atoms with E-state index in [0.717, 1.165) is 11.1 Å². The van der Waals surface area contributed by atoms with Crippen LogP contribution in [0.3, 0.4) is 0 Å². The minimum absolute atomic E-state index is 0.297. The van der Waals surface area contributed by atoms with Crippen LogP contribution < -0.4 is 0 Å². The molecule has 0 bridgehead atoms. The van der Waals surface area contributed by atoms with Gasteiger partial charge in [-0.25, -0.2) is 0 Å². The van der Waals surface area contributed by atoms with Crippen LogP contribution in [-0.2, 0) is 10.5 Å². The molecule has 3 rings (SSSR count). The minimum atomic E-state index is -0.873. The zero-order chi connectivity index (χ0) is 13.1. The van der Waals surface area contributed by atoms with E-state index in [-0.39, 0.29) is 0 Å². The molecule has 0 amide bonds. The Morgan fingerprint density at radius 2 is 1.47 bits per heavy atom. The highest BCUT2D eigenvalue weighted by atomic mass is 35.5. The first kappa shape index (κ1) is 12.3. The Kier molecular flexibility index (Phi) is 3.32. The second-order valence-corrected chi connectivity index (χ2v) is 4.63. The molecule has 4 heteroatoms. The van der Waals surface area contributed by atoms with Gasteiger partial charge in [-0.2, -0.15) is 5.11 Å². The Morgan fingerprint density at radius 3 is 1.89 bits per heavy atom. The van der Waals surface area contributed by atoms with E-state index in [1.165, 1.54) is 0 Å². The van der Waals surface area contributed by atoms with Crippen molar-refractivity contribution in [3.05, 3.63) is 71.8 Å². The average molecular weight is 273 g/mol. The lowest BCUT2D eigenvalue weighted by molar-refractivity contribution is -0.0172. The summed E-state index contributed by atoms with van der Waals surface area (Å²) in [5, 5.41) is 8.51. The van der Waals surface area contributed by atoms with Gasteiger partial charge in [0.25, 0.3) is 0 Å². The molecular weight excluding hydrogens is 260 g/mol. The van der Waals surface area contributed by atoms with Crippen LogP contribution in [0.25, 0.3) is 0 Å². The first-order chi connectivity index (χ1) is 9.35. The van der Waals surface area contributed by atoms with E-state index in [1.54, 1.807) is 0 Å². The summed E-state index contributed by atoms with van der Waals surface area (Å²) >= 11 is 5.83. The fraction of sp³-hybridized carbons (Fsp3) is 0.200. The van der Waals surface area contributed by atoms with E-state index in [0.29, 0.717) is 5.88 Å². The maximum atomic E-state index is 6.01. The summed E-state index contributed by atoms with van der Waals surface area (Å²) in [5.74, 6) is 0.297. The number of nitrogens with zero attached hydrogens (tertiary/aromatic N) is 2. The molecular formula is C15H13ClN2O. The van der Waals surface area contributed by atoms with Crippen LogP contribution in [0, 0.1) is 0 Å². The molecule has 1 atom stereocenters. The van der Waals surface area contributed by atoms with Crippen molar-refractivity contribution in [2.24, 2.45) is 10.2 Å². The predicted molar refractivity (Wildman–Crippen MR) is 74.1 cm³/mol. The number of halogens is 1. The third kappa shape index (κ3) is 2.15. The summed E-state index contributed by atoms with van der Waals surface area (Å²) in [4.78, 5) is 0. The number of ether oxygens (including phenoxy) is 1. The molecule has 0 saturated heterocycles. The van der Waals surface area contributed by atoms with Gasteiger partial charge in [0.15, 0.2) is 6.23 Å². The molecule has 0 radical (unpaired) electrons. The Balaban J connectivity index is 2.11. The summed E-state index contributed by atoms with van der Waals surface area (Å²) in [6.45, 7) is 0. The number of alkyl halides is 1. The smallest absolute Gasteiger partial charge is 0.232 e. The van der Waals surface area contributed by atoms with Gasteiger partial charge >= 0.3 is 0 Å². The highest BCUT2D eigenvalue weighted by Gasteiger charge is 2.42. The average Bonchev–Trinajstić information content (AvgIpc) is 2.95. The van der Waals surface area contributed by atoms with Gasteiger partial charge in [0.1, 0.15) is 0 Å². The van der Waals surface area contributed by atoms with Crippen LogP contribution in [0.2, 0.25) is 0 Å². The van der Waals surface area contributed by atoms with Crippen LogP contribution in [0.1, 0.15) is 11.1 Å².